The molecule has 0 radical (unpaired) electrons. The molecule has 1 heteroatoms. The Morgan fingerprint density at radius 3 is 2.64 bits per heavy atom. The van der Waals surface area contributed by atoms with E-state index in [2.05, 4.69) is 31.0 Å². The van der Waals surface area contributed by atoms with Gasteiger partial charge in [0.15, 0.2) is 0 Å². The van der Waals surface area contributed by atoms with Crippen molar-refractivity contribution in [1.29, 1.82) is 0 Å². The van der Waals surface area contributed by atoms with Gasteiger partial charge in [0.05, 0.1) is 0 Å². The van der Waals surface area contributed by atoms with E-state index in [1.54, 1.807) is 0 Å². The molecule has 1 nitrogen and oxygen atoms in total. The average Bonchev–Trinajstić information content (AvgIpc) is 2.26. The molecule has 1 rings (SSSR count). The molecule has 0 amide bonds. The van der Waals surface area contributed by atoms with E-state index in [0.717, 1.165) is 0 Å². The number of rotatable bonds is 6. The van der Waals surface area contributed by atoms with Crippen LogP contribution in [0.5, 0.6) is 0 Å². The Balaban J connectivity index is 2.46. The van der Waals surface area contributed by atoms with E-state index in [-0.39, 0.29) is 0 Å². The second-order valence-corrected chi connectivity index (χ2v) is 3.86. The fraction of sp³-hybridized carbons (Fsp3) is 0.615. The van der Waals surface area contributed by atoms with E-state index in [1.165, 1.54) is 37.8 Å². The van der Waals surface area contributed by atoms with Gasteiger partial charge in [0.2, 0.25) is 0 Å². The van der Waals surface area contributed by atoms with Crippen LogP contribution in [-0.2, 0) is 0 Å². The molecule has 0 aliphatic heterocycles. The monoisotopic (exact) mass is 191 g/mol. The van der Waals surface area contributed by atoms with Crippen molar-refractivity contribution in [3.63, 3.8) is 0 Å². The number of pyridine rings is 1. The van der Waals surface area contributed by atoms with Crippen molar-refractivity contribution in [3.05, 3.63) is 30.1 Å². The summed E-state index contributed by atoms with van der Waals surface area (Å²) >= 11 is 0. The molecule has 14 heavy (non-hydrogen) atoms. The topological polar surface area (TPSA) is 12.9 Å². The normalized spacial score (nSPS) is 12.7. The van der Waals surface area contributed by atoms with Gasteiger partial charge in [0, 0.05) is 17.8 Å². The standard InChI is InChI=1S/C13H21N/c1-3-5-6-9-12(4-2)13-10-7-8-11-14-13/h7-8,10-12H,3-6,9H2,1-2H3. The van der Waals surface area contributed by atoms with Gasteiger partial charge >= 0.3 is 0 Å². The van der Waals surface area contributed by atoms with Gasteiger partial charge < -0.3 is 0 Å². The summed E-state index contributed by atoms with van der Waals surface area (Å²) in [6.45, 7) is 4.51. The Morgan fingerprint density at radius 2 is 2.07 bits per heavy atom. The summed E-state index contributed by atoms with van der Waals surface area (Å²) in [5.41, 5.74) is 1.27. The minimum absolute atomic E-state index is 0.669. The first kappa shape index (κ1) is 11.2. The zero-order valence-corrected chi connectivity index (χ0v) is 9.37. The van der Waals surface area contributed by atoms with Crippen molar-refractivity contribution in [1.82, 2.24) is 4.98 Å². The van der Waals surface area contributed by atoms with E-state index in [0.29, 0.717) is 5.92 Å². The van der Waals surface area contributed by atoms with Gasteiger partial charge in [0.1, 0.15) is 0 Å². The van der Waals surface area contributed by atoms with Crippen LogP contribution in [0.15, 0.2) is 24.4 Å². The Kier molecular flexibility index (Phi) is 5.28. The highest BCUT2D eigenvalue weighted by molar-refractivity contribution is 5.08. The number of nitrogens with zero attached hydrogens (tertiary/aromatic N) is 1. The number of aromatic nitrogens is 1. The summed E-state index contributed by atoms with van der Waals surface area (Å²) in [6.07, 6.45) is 8.40. The Hall–Kier alpha value is -0.850. The van der Waals surface area contributed by atoms with Gasteiger partial charge in [-0.2, -0.15) is 0 Å². The average molecular weight is 191 g/mol. The van der Waals surface area contributed by atoms with Crippen molar-refractivity contribution in [2.75, 3.05) is 0 Å². The second kappa shape index (κ2) is 6.58. The number of hydrogen-bond acceptors (Lipinski definition) is 1. The lowest BCUT2D eigenvalue weighted by Crippen LogP contribution is -1.99. The minimum atomic E-state index is 0.669. The Bertz CT molecular complexity index is 230. The molecule has 0 fully saturated rings. The summed E-state index contributed by atoms with van der Waals surface area (Å²) in [6, 6.07) is 6.23. The lowest BCUT2D eigenvalue weighted by molar-refractivity contribution is 0.543. The van der Waals surface area contributed by atoms with Crippen LogP contribution in [0, 0.1) is 0 Å². The van der Waals surface area contributed by atoms with Crippen molar-refractivity contribution in [3.8, 4) is 0 Å². The van der Waals surface area contributed by atoms with E-state index in [1.807, 2.05) is 12.3 Å². The predicted molar refractivity (Wildman–Crippen MR) is 61.4 cm³/mol. The first-order chi connectivity index (χ1) is 6.88. The summed E-state index contributed by atoms with van der Waals surface area (Å²) in [4.78, 5) is 4.43. The maximum Gasteiger partial charge on any atom is 0.0434 e. The lowest BCUT2D eigenvalue weighted by Gasteiger charge is -2.13. The van der Waals surface area contributed by atoms with Gasteiger partial charge in [-0.25, -0.2) is 0 Å². The van der Waals surface area contributed by atoms with Gasteiger partial charge in [-0.3, -0.25) is 4.98 Å². The highest BCUT2D eigenvalue weighted by atomic mass is 14.7. The highest BCUT2D eigenvalue weighted by Gasteiger charge is 2.08. The third kappa shape index (κ3) is 3.49. The molecule has 0 bridgehead atoms. The molecule has 0 N–H and O–H groups in total. The van der Waals surface area contributed by atoms with Gasteiger partial charge in [-0.15, -0.1) is 0 Å². The minimum Gasteiger partial charge on any atom is -0.261 e. The van der Waals surface area contributed by atoms with Crippen LogP contribution in [0.25, 0.3) is 0 Å². The molecule has 1 atom stereocenters. The van der Waals surface area contributed by atoms with Crippen molar-refractivity contribution in [2.45, 2.75) is 51.9 Å². The zero-order valence-electron chi connectivity index (χ0n) is 9.37. The highest BCUT2D eigenvalue weighted by Crippen LogP contribution is 2.23. The summed E-state index contributed by atoms with van der Waals surface area (Å²) in [5, 5.41) is 0. The third-order valence-corrected chi connectivity index (χ3v) is 2.75. The summed E-state index contributed by atoms with van der Waals surface area (Å²) < 4.78 is 0. The molecule has 1 unspecified atom stereocenters. The van der Waals surface area contributed by atoms with Crippen LogP contribution in [0.2, 0.25) is 0 Å². The fourth-order valence-electron chi connectivity index (χ4n) is 1.82. The molecule has 1 heterocycles. The fourth-order valence-corrected chi connectivity index (χ4v) is 1.82. The predicted octanol–water partition coefficient (Wildman–Crippen LogP) is 4.16. The van der Waals surface area contributed by atoms with E-state index < -0.39 is 0 Å². The molecular formula is C13H21N. The van der Waals surface area contributed by atoms with Crippen molar-refractivity contribution in [2.24, 2.45) is 0 Å². The van der Waals surface area contributed by atoms with E-state index >= 15 is 0 Å². The van der Waals surface area contributed by atoms with Gasteiger partial charge in [-0.05, 0) is 25.0 Å². The largest absolute Gasteiger partial charge is 0.261 e. The quantitative estimate of drug-likeness (QED) is 0.615. The lowest BCUT2D eigenvalue weighted by atomic mass is 9.95. The molecule has 0 aliphatic rings. The van der Waals surface area contributed by atoms with Crippen LogP contribution in [-0.4, -0.2) is 4.98 Å². The molecule has 0 spiro atoms. The zero-order chi connectivity index (χ0) is 10.2. The van der Waals surface area contributed by atoms with Crippen LogP contribution >= 0.6 is 0 Å². The second-order valence-electron chi connectivity index (χ2n) is 3.86. The SMILES string of the molecule is CCCCCC(CC)c1ccccn1. The number of unbranched alkanes of at least 4 members (excludes halogenated alkanes) is 2. The van der Waals surface area contributed by atoms with Gasteiger partial charge in [0.25, 0.3) is 0 Å². The maximum absolute atomic E-state index is 4.43. The molecule has 0 aliphatic carbocycles. The van der Waals surface area contributed by atoms with Crippen molar-refractivity contribution < 1.29 is 0 Å². The Morgan fingerprint density at radius 1 is 1.21 bits per heavy atom. The molecule has 1 aromatic heterocycles. The third-order valence-electron chi connectivity index (χ3n) is 2.75. The molecule has 78 valence electrons. The first-order valence-electron chi connectivity index (χ1n) is 5.79. The van der Waals surface area contributed by atoms with Crippen LogP contribution < -0.4 is 0 Å². The summed E-state index contributed by atoms with van der Waals surface area (Å²) in [7, 11) is 0. The van der Waals surface area contributed by atoms with Crippen LogP contribution in [0.1, 0.15) is 57.6 Å². The van der Waals surface area contributed by atoms with Crippen molar-refractivity contribution >= 4 is 0 Å². The Labute approximate surface area is 87.6 Å². The smallest absolute Gasteiger partial charge is 0.0434 e. The van der Waals surface area contributed by atoms with Gasteiger partial charge in [-0.1, -0.05) is 39.2 Å². The number of hydrogen-bond donors (Lipinski definition) is 0. The molecular weight excluding hydrogens is 170 g/mol. The van der Waals surface area contributed by atoms with E-state index in [4.69, 9.17) is 0 Å². The van der Waals surface area contributed by atoms with E-state index in [9.17, 15) is 0 Å². The molecule has 0 aromatic carbocycles. The summed E-state index contributed by atoms with van der Waals surface area (Å²) in [5.74, 6) is 0.669. The maximum atomic E-state index is 4.43. The first-order valence-corrected chi connectivity index (χ1v) is 5.79. The molecule has 0 saturated heterocycles. The molecule has 1 aromatic rings. The van der Waals surface area contributed by atoms with Crippen LogP contribution in [0.3, 0.4) is 0 Å². The van der Waals surface area contributed by atoms with Crippen LogP contribution in [0.4, 0.5) is 0 Å². The molecule has 0 saturated carbocycles.